The maximum Gasteiger partial charge on any atom is 0.224 e. The molecule has 3 rings (SSSR count). The van der Waals surface area contributed by atoms with Gasteiger partial charge in [0, 0.05) is 23.6 Å². The van der Waals surface area contributed by atoms with Crippen molar-refractivity contribution in [2.75, 3.05) is 13.2 Å². The highest BCUT2D eigenvalue weighted by atomic mass is 16.3. The number of rotatable bonds is 5. The minimum Gasteiger partial charge on any atom is -0.395 e. The van der Waals surface area contributed by atoms with Crippen molar-refractivity contribution in [3.63, 3.8) is 0 Å². The molecule has 0 aliphatic carbocycles. The molecule has 0 bridgehead atoms. The van der Waals surface area contributed by atoms with Crippen LogP contribution in [0.25, 0.3) is 10.9 Å². The molecule has 7 nitrogen and oxygen atoms in total. The van der Waals surface area contributed by atoms with Crippen LogP contribution in [0, 0.1) is 0 Å². The summed E-state index contributed by atoms with van der Waals surface area (Å²) in [5.41, 5.74) is 1.89. The lowest BCUT2D eigenvalue weighted by atomic mass is 10.1. The Labute approximate surface area is 133 Å². The summed E-state index contributed by atoms with van der Waals surface area (Å²) < 4.78 is 0. The van der Waals surface area contributed by atoms with Gasteiger partial charge in [-0.2, -0.15) is 0 Å². The number of aliphatic hydroxyl groups excluding tert-OH is 3. The molecule has 0 radical (unpaired) electrons. The van der Waals surface area contributed by atoms with Crippen molar-refractivity contribution in [2.45, 2.75) is 30.7 Å². The van der Waals surface area contributed by atoms with Crippen LogP contribution >= 0.6 is 0 Å². The molecule has 0 saturated carbocycles. The topological polar surface area (TPSA) is 118 Å². The number of aromatic amines is 1. The third-order valence-corrected chi connectivity index (χ3v) is 4.34. The smallest absolute Gasteiger partial charge is 0.224 e. The fourth-order valence-corrected chi connectivity index (χ4v) is 3.03. The normalized spacial score (nSPS) is 27.4. The van der Waals surface area contributed by atoms with Crippen LogP contribution in [0.2, 0.25) is 0 Å². The summed E-state index contributed by atoms with van der Waals surface area (Å²) in [6.45, 7) is -0.0755. The Balaban J connectivity index is 1.56. The maximum atomic E-state index is 12.1. The number of benzene rings is 1. The van der Waals surface area contributed by atoms with Gasteiger partial charge in [-0.25, -0.2) is 0 Å². The van der Waals surface area contributed by atoms with Crippen molar-refractivity contribution in [1.29, 1.82) is 0 Å². The average Bonchev–Trinajstić information content (AvgIpc) is 3.08. The van der Waals surface area contributed by atoms with Crippen molar-refractivity contribution in [1.82, 2.24) is 15.6 Å². The summed E-state index contributed by atoms with van der Waals surface area (Å²) in [5.74, 6) is -0.161. The van der Waals surface area contributed by atoms with E-state index in [2.05, 4.69) is 15.6 Å². The van der Waals surface area contributed by atoms with Gasteiger partial charge >= 0.3 is 0 Å². The van der Waals surface area contributed by atoms with E-state index in [-0.39, 0.29) is 25.5 Å². The molecule has 4 atom stereocenters. The van der Waals surface area contributed by atoms with Gasteiger partial charge in [-0.15, -0.1) is 0 Å². The van der Waals surface area contributed by atoms with Crippen LogP contribution in [0.15, 0.2) is 30.5 Å². The summed E-state index contributed by atoms with van der Waals surface area (Å²) >= 11 is 0. The van der Waals surface area contributed by atoms with E-state index in [0.29, 0.717) is 0 Å². The number of hydrogen-bond acceptors (Lipinski definition) is 5. The monoisotopic (exact) mass is 319 g/mol. The van der Waals surface area contributed by atoms with E-state index in [1.165, 1.54) is 0 Å². The molecule has 7 heteroatoms. The van der Waals surface area contributed by atoms with Gasteiger partial charge in [0.25, 0.3) is 0 Å². The molecule has 1 amide bonds. The first kappa shape index (κ1) is 15.9. The van der Waals surface area contributed by atoms with Crippen molar-refractivity contribution >= 4 is 16.8 Å². The summed E-state index contributed by atoms with van der Waals surface area (Å²) in [7, 11) is 0. The van der Waals surface area contributed by atoms with E-state index in [1.807, 2.05) is 30.5 Å². The SMILES string of the molecule is O=C(Cc1c[nH]c2ccccc12)NC[C@H]1N[C@H](CO)[C@@H](O)[C@@H]1O. The fraction of sp³-hybridized carbons (Fsp3) is 0.438. The van der Waals surface area contributed by atoms with Gasteiger partial charge in [-0.05, 0) is 11.6 Å². The van der Waals surface area contributed by atoms with Gasteiger partial charge in [-0.3, -0.25) is 4.79 Å². The Morgan fingerprint density at radius 3 is 2.65 bits per heavy atom. The molecule has 1 fully saturated rings. The molecule has 0 unspecified atom stereocenters. The molecule has 1 aliphatic rings. The second-order valence-corrected chi connectivity index (χ2v) is 5.88. The van der Waals surface area contributed by atoms with Crippen LogP contribution in [-0.4, -0.2) is 63.7 Å². The van der Waals surface area contributed by atoms with E-state index in [9.17, 15) is 15.0 Å². The summed E-state index contributed by atoms with van der Waals surface area (Å²) in [5, 5.41) is 35.4. The van der Waals surface area contributed by atoms with E-state index in [1.54, 1.807) is 0 Å². The number of para-hydroxylation sites is 1. The molecule has 1 saturated heterocycles. The van der Waals surface area contributed by atoms with Crippen LogP contribution in [0.1, 0.15) is 5.56 Å². The van der Waals surface area contributed by atoms with Crippen LogP contribution < -0.4 is 10.6 Å². The largest absolute Gasteiger partial charge is 0.395 e. The first-order valence-corrected chi connectivity index (χ1v) is 7.65. The predicted molar refractivity (Wildman–Crippen MR) is 84.8 cm³/mol. The minimum absolute atomic E-state index is 0.161. The van der Waals surface area contributed by atoms with E-state index in [0.717, 1.165) is 16.5 Å². The molecule has 0 spiro atoms. The highest BCUT2D eigenvalue weighted by Crippen LogP contribution is 2.18. The summed E-state index contributed by atoms with van der Waals surface area (Å²) in [6.07, 6.45) is 0.00753. The summed E-state index contributed by atoms with van der Waals surface area (Å²) in [4.78, 5) is 15.2. The predicted octanol–water partition coefficient (Wildman–Crippen LogP) is -1.12. The lowest BCUT2D eigenvalue weighted by Crippen LogP contribution is -2.44. The van der Waals surface area contributed by atoms with Gasteiger partial charge in [0.1, 0.15) is 0 Å². The number of carbonyl (C=O) groups excluding carboxylic acids is 1. The van der Waals surface area contributed by atoms with Crippen LogP contribution in [0.3, 0.4) is 0 Å². The van der Waals surface area contributed by atoms with Crippen molar-refractivity contribution in [2.24, 2.45) is 0 Å². The summed E-state index contributed by atoms with van der Waals surface area (Å²) in [6, 6.07) is 6.71. The average molecular weight is 319 g/mol. The Hall–Kier alpha value is -1.93. The first-order valence-electron chi connectivity index (χ1n) is 7.65. The molecule has 23 heavy (non-hydrogen) atoms. The number of carbonyl (C=O) groups is 1. The van der Waals surface area contributed by atoms with E-state index in [4.69, 9.17) is 5.11 Å². The Morgan fingerprint density at radius 2 is 1.91 bits per heavy atom. The molecule has 1 aliphatic heterocycles. The molecular weight excluding hydrogens is 298 g/mol. The number of nitrogens with one attached hydrogen (secondary N) is 3. The number of amides is 1. The zero-order valence-electron chi connectivity index (χ0n) is 12.6. The molecule has 6 N–H and O–H groups in total. The maximum absolute atomic E-state index is 12.1. The fourth-order valence-electron chi connectivity index (χ4n) is 3.03. The minimum atomic E-state index is -1.03. The second-order valence-electron chi connectivity index (χ2n) is 5.88. The number of fused-ring (bicyclic) bond motifs is 1. The van der Waals surface area contributed by atoms with Crippen LogP contribution in [0.4, 0.5) is 0 Å². The highest BCUT2D eigenvalue weighted by molar-refractivity contribution is 5.88. The van der Waals surface area contributed by atoms with Gasteiger partial charge in [0.15, 0.2) is 0 Å². The van der Waals surface area contributed by atoms with Gasteiger partial charge in [0.2, 0.25) is 5.91 Å². The van der Waals surface area contributed by atoms with E-state index < -0.39 is 24.3 Å². The number of aromatic nitrogens is 1. The first-order chi connectivity index (χ1) is 11.1. The molecule has 1 aromatic heterocycles. The van der Waals surface area contributed by atoms with Gasteiger partial charge in [0.05, 0.1) is 37.3 Å². The second kappa shape index (κ2) is 6.67. The highest BCUT2D eigenvalue weighted by Gasteiger charge is 2.40. The van der Waals surface area contributed by atoms with Crippen LogP contribution in [0.5, 0.6) is 0 Å². The molecular formula is C16H21N3O4. The Morgan fingerprint density at radius 1 is 1.17 bits per heavy atom. The van der Waals surface area contributed by atoms with Crippen molar-refractivity contribution in [3.05, 3.63) is 36.0 Å². The lowest BCUT2D eigenvalue weighted by Gasteiger charge is -2.16. The standard InChI is InChI=1S/C16H21N3O4/c20-8-13-16(23)15(22)12(19-13)7-18-14(21)5-9-6-17-11-4-2-1-3-10(9)11/h1-4,6,12-13,15-17,19-20,22-23H,5,7-8H2,(H,18,21)/t12-,13-,15-,16-/m1/s1. The van der Waals surface area contributed by atoms with E-state index >= 15 is 0 Å². The quantitative estimate of drug-likeness (QED) is 0.417. The third-order valence-electron chi connectivity index (χ3n) is 4.34. The Bertz CT molecular complexity index is 687. The number of H-pyrrole nitrogens is 1. The Kier molecular flexibility index (Phi) is 4.63. The zero-order valence-corrected chi connectivity index (χ0v) is 12.6. The third kappa shape index (κ3) is 3.23. The molecule has 2 heterocycles. The number of hydrogen-bond donors (Lipinski definition) is 6. The van der Waals surface area contributed by atoms with Crippen molar-refractivity contribution in [3.8, 4) is 0 Å². The van der Waals surface area contributed by atoms with Gasteiger partial charge in [-0.1, -0.05) is 18.2 Å². The van der Waals surface area contributed by atoms with Crippen LogP contribution in [-0.2, 0) is 11.2 Å². The zero-order chi connectivity index (χ0) is 16.4. The van der Waals surface area contributed by atoms with Gasteiger partial charge < -0.3 is 30.9 Å². The van der Waals surface area contributed by atoms with Crippen molar-refractivity contribution < 1.29 is 20.1 Å². The molecule has 2 aromatic rings. The lowest BCUT2D eigenvalue weighted by molar-refractivity contribution is -0.120. The molecule has 1 aromatic carbocycles. The molecule has 124 valence electrons. The number of aliphatic hydroxyl groups is 3.